The summed E-state index contributed by atoms with van der Waals surface area (Å²) >= 11 is 0. The summed E-state index contributed by atoms with van der Waals surface area (Å²) in [5.41, 5.74) is 0.819. The van der Waals surface area contributed by atoms with Gasteiger partial charge in [-0.1, -0.05) is 43.2 Å². The van der Waals surface area contributed by atoms with Crippen LogP contribution in [0.5, 0.6) is 0 Å². The lowest BCUT2D eigenvalue weighted by molar-refractivity contribution is -0.161. The number of carbonyl (C=O) groups excluding carboxylic acids is 3. The van der Waals surface area contributed by atoms with Crippen LogP contribution >= 0.6 is 0 Å². The van der Waals surface area contributed by atoms with Crippen LogP contribution in [0.2, 0.25) is 0 Å². The number of amides is 3. The van der Waals surface area contributed by atoms with E-state index < -0.39 is 12.1 Å². The summed E-state index contributed by atoms with van der Waals surface area (Å²) in [6.45, 7) is 1.03. The molecule has 0 radical (unpaired) electrons. The third-order valence-electron chi connectivity index (χ3n) is 5.75. The van der Waals surface area contributed by atoms with Crippen molar-refractivity contribution in [2.45, 2.75) is 43.9 Å². The van der Waals surface area contributed by atoms with Crippen LogP contribution in [0.4, 0.5) is 0 Å². The van der Waals surface area contributed by atoms with Crippen LogP contribution in [-0.2, 0) is 19.1 Å². The number of rotatable bonds is 3. The number of nitrogens with zero attached hydrogens (tertiary/aromatic N) is 2. The average Bonchev–Trinajstić information content (AvgIpc) is 3.22. The van der Waals surface area contributed by atoms with Gasteiger partial charge in [-0.05, 0) is 18.4 Å². The zero-order valence-electron chi connectivity index (χ0n) is 15.3. The number of benzene rings is 1. The van der Waals surface area contributed by atoms with E-state index in [2.05, 4.69) is 5.32 Å². The van der Waals surface area contributed by atoms with Gasteiger partial charge >= 0.3 is 0 Å². The lowest BCUT2D eigenvalue weighted by atomic mass is 9.98. The van der Waals surface area contributed by atoms with Crippen LogP contribution in [0.25, 0.3) is 0 Å². The number of hydrogen-bond acceptors (Lipinski definition) is 4. The van der Waals surface area contributed by atoms with Gasteiger partial charge in [0.1, 0.15) is 6.61 Å². The van der Waals surface area contributed by atoms with Crippen LogP contribution in [0.3, 0.4) is 0 Å². The molecule has 4 rings (SSSR count). The molecule has 2 aliphatic heterocycles. The molecule has 1 aliphatic carbocycles. The number of ether oxygens (including phenoxy) is 1. The van der Waals surface area contributed by atoms with Gasteiger partial charge in [0, 0.05) is 19.1 Å². The van der Waals surface area contributed by atoms with Crippen molar-refractivity contribution in [2.75, 3.05) is 26.2 Å². The van der Waals surface area contributed by atoms with Crippen molar-refractivity contribution < 1.29 is 19.1 Å². The van der Waals surface area contributed by atoms with Crippen LogP contribution in [0, 0.1) is 0 Å². The van der Waals surface area contributed by atoms with E-state index in [0.717, 1.165) is 18.4 Å². The fraction of sp³-hybridized carbons (Fsp3) is 0.550. The third-order valence-corrected chi connectivity index (χ3v) is 5.75. The standard InChI is InChI=1S/C20H25N3O4/c24-16-13-27-19(18(21-16)14-6-2-1-3-7-14)20(26)22-10-11-23(17(25)12-22)15-8-4-5-9-15/h1-3,6-7,15,18-19H,4-5,8-13H2,(H,21,24). The Hall–Kier alpha value is -2.41. The molecule has 3 fully saturated rings. The summed E-state index contributed by atoms with van der Waals surface area (Å²) < 4.78 is 5.61. The van der Waals surface area contributed by atoms with Crippen LogP contribution in [-0.4, -0.2) is 65.9 Å². The highest BCUT2D eigenvalue weighted by Crippen LogP contribution is 2.27. The molecule has 2 heterocycles. The first kappa shape index (κ1) is 18.0. The van der Waals surface area contributed by atoms with Gasteiger partial charge in [0.05, 0.1) is 12.6 Å². The van der Waals surface area contributed by atoms with E-state index in [9.17, 15) is 14.4 Å². The number of piperazine rings is 1. The second-order valence-corrected chi connectivity index (χ2v) is 7.47. The Morgan fingerprint density at radius 1 is 1.07 bits per heavy atom. The molecular formula is C20H25N3O4. The minimum atomic E-state index is -0.809. The van der Waals surface area contributed by atoms with Crippen LogP contribution < -0.4 is 5.32 Å². The molecule has 1 N–H and O–H groups in total. The molecule has 0 aromatic heterocycles. The second-order valence-electron chi connectivity index (χ2n) is 7.47. The summed E-state index contributed by atoms with van der Waals surface area (Å²) in [7, 11) is 0. The van der Waals surface area contributed by atoms with Gasteiger partial charge in [-0.3, -0.25) is 14.4 Å². The Morgan fingerprint density at radius 3 is 2.52 bits per heavy atom. The molecular weight excluding hydrogens is 346 g/mol. The summed E-state index contributed by atoms with van der Waals surface area (Å²) in [6, 6.07) is 9.13. The van der Waals surface area contributed by atoms with Gasteiger partial charge in [-0.15, -0.1) is 0 Å². The SMILES string of the molecule is O=C1COC(C(=O)N2CCN(C3CCCC3)C(=O)C2)C(c2ccccc2)N1. The summed E-state index contributed by atoms with van der Waals surface area (Å²) in [5, 5.41) is 2.86. The van der Waals surface area contributed by atoms with Crippen molar-refractivity contribution in [3.05, 3.63) is 35.9 Å². The molecule has 1 aromatic rings. The fourth-order valence-electron chi connectivity index (χ4n) is 4.34. The largest absolute Gasteiger partial charge is 0.356 e. The van der Waals surface area contributed by atoms with E-state index in [1.807, 2.05) is 35.2 Å². The topological polar surface area (TPSA) is 79.0 Å². The van der Waals surface area contributed by atoms with E-state index in [4.69, 9.17) is 4.74 Å². The van der Waals surface area contributed by atoms with E-state index in [0.29, 0.717) is 19.1 Å². The molecule has 7 heteroatoms. The van der Waals surface area contributed by atoms with Gasteiger partial charge in [0.15, 0.2) is 6.10 Å². The number of nitrogens with one attached hydrogen (secondary N) is 1. The molecule has 3 amide bonds. The lowest BCUT2D eigenvalue weighted by Crippen LogP contribution is -2.59. The minimum absolute atomic E-state index is 0.0117. The van der Waals surface area contributed by atoms with Crippen molar-refractivity contribution in [1.82, 2.24) is 15.1 Å². The molecule has 7 nitrogen and oxygen atoms in total. The Bertz CT molecular complexity index is 717. The highest BCUT2D eigenvalue weighted by atomic mass is 16.5. The second kappa shape index (κ2) is 7.68. The first-order valence-corrected chi connectivity index (χ1v) is 9.67. The summed E-state index contributed by atoms with van der Waals surface area (Å²) in [5.74, 6) is -0.462. The molecule has 3 aliphatic rings. The Kier molecular flexibility index (Phi) is 5.11. The molecule has 1 aromatic carbocycles. The Morgan fingerprint density at radius 2 is 1.81 bits per heavy atom. The van der Waals surface area contributed by atoms with Crippen molar-refractivity contribution in [2.24, 2.45) is 0 Å². The minimum Gasteiger partial charge on any atom is -0.356 e. The van der Waals surface area contributed by atoms with Gasteiger partial charge in [0.2, 0.25) is 11.8 Å². The summed E-state index contributed by atoms with van der Waals surface area (Å²) in [6.07, 6.45) is 3.66. The predicted octanol–water partition coefficient (Wildman–Crippen LogP) is 0.856. The Balaban J connectivity index is 1.46. The molecule has 0 bridgehead atoms. The van der Waals surface area contributed by atoms with Crippen molar-refractivity contribution in [1.29, 1.82) is 0 Å². The Labute approximate surface area is 158 Å². The van der Waals surface area contributed by atoms with Gasteiger partial charge < -0.3 is 19.9 Å². The highest BCUT2D eigenvalue weighted by molar-refractivity contribution is 5.90. The maximum atomic E-state index is 13.1. The number of carbonyl (C=O) groups is 3. The monoisotopic (exact) mass is 371 g/mol. The lowest BCUT2D eigenvalue weighted by Gasteiger charge is -2.40. The van der Waals surface area contributed by atoms with Crippen LogP contribution in [0.1, 0.15) is 37.3 Å². The molecule has 2 unspecified atom stereocenters. The smallest absolute Gasteiger partial charge is 0.254 e. The zero-order chi connectivity index (χ0) is 18.8. The van der Waals surface area contributed by atoms with Crippen molar-refractivity contribution in [3.63, 3.8) is 0 Å². The van der Waals surface area contributed by atoms with E-state index in [1.54, 1.807) is 4.90 Å². The van der Waals surface area contributed by atoms with E-state index in [-0.39, 0.29) is 30.9 Å². The summed E-state index contributed by atoms with van der Waals surface area (Å²) in [4.78, 5) is 41.0. The van der Waals surface area contributed by atoms with Crippen molar-refractivity contribution >= 4 is 17.7 Å². The van der Waals surface area contributed by atoms with Crippen molar-refractivity contribution in [3.8, 4) is 0 Å². The first-order chi connectivity index (χ1) is 13.1. The molecule has 0 spiro atoms. The maximum absolute atomic E-state index is 13.1. The highest BCUT2D eigenvalue weighted by Gasteiger charge is 2.41. The number of hydrogen-bond donors (Lipinski definition) is 1. The maximum Gasteiger partial charge on any atom is 0.254 e. The molecule has 1 saturated carbocycles. The quantitative estimate of drug-likeness (QED) is 0.855. The predicted molar refractivity (Wildman–Crippen MR) is 97.6 cm³/mol. The fourth-order valence-corrected chi connectivity index (χ4v) is 4.34. The average molecular weight is 371 g/mol. The van der Waals surface area contributed by atoms with E-state index >= 15 is 0 Å². The molecule has 2 saturated heterocycles. The zero-order valence-corrected chi connectivity index (χ0v) is 15.3. The normalized spacial score (nSPS) is 27.0. The van der Waals surface area contributed by atoms with Gasteiger partial charge in [-0.25, -0.2) is 0 Å². The van der Waals surface area contributed by atoms with Gasteiger partial charge in [-0.2, -0.15) is 0 Å². The molecule has 144 valence electrons. The third kappa shape index (κ3) is 3.69. The molecule has 27 heavy (non-hydrogen) atoms. The van der Waals surface area contributed by atoms with E-state index in [1.165, 1.54) is 12.8 Å². The molecule has 2 atom stereocenters. The first-order valence-electron chi connectivity index (χ1n) is 9.67. The van der Waals surface area contributed by atoms with Gasteiger partial charge in [0.25, 0.3) is 5.91 Å². The van der Waals surface area contributed by atoms with Crippen LogP contribution in [0.15, 0.2) is 30.3 Å². The number of morpholine rings is 1.